The molecule has 9 nitrogen and oxygen atoms in total. The van der Waals surface area contributed by atoms with Crippen LogP contribution in [0.25, 0.3) is 22.2 Å². The highest BCUT2D eigenvalue weighted by Gasteiger charge is 2.23. The van der Waals surface area contributed by atoms with Gasteiger partial charge in [-0.05, 0) is 24.3 Å². The lowest BCUT2D eigenvalue weighted by Gasteiger charge is -2.27. The molecule has 3 aromatic heterocycles. The Balaban J connectivity index is 1.54. The highest BCUT2D eigenvalue weighted by molar-refractivity contribution is 6.05. The summed E-state index contributed by atoms with van der Waals surface area (Å²) in [5.41, 5.74) is 1.58. The Morgan fingerprint density at radius 3 is 2.72 bits per heavy atom. The minimum Gasteiger partial charge on any atom is -0.432 e. The van der Waals surface area contributed by atoms with E-state index < -0.39 is 6.09 Å². The van der Waals surface area contributed by atoms with Gasteiger partial charge in [0.1, 0.15) is 11.3 Å². The third-order valence-electron chi connectivity index (χ3n) is 4.55. The molecule has 0 spiro atoms. The van der Waals surface area contributed by atoms with Crippen molar-refractivity contribution in [1.82, 2.24) is 15.0 Å². The second-order valence-corrected chi connectivity index (χ2v) is 6.43. The van der Waals surface area contributed by atoms with Gasteiger partial charge >= 0.3 is 6.09 Å². The number of para-hydroxylation sites is 1. The predicted octanol–water partition coefficient (Wildman–Crippen LogP) is 3.22. The zero-order valence-electron chi connectivity index (χ0n) is 15.4. The maximum Gasteiger partial charge on any atom is 0.419 e. The Bertz CT molecular complexity index is 1170. The van der Waals surface area contributed by atoms with E-state index in [1.807, 2.05) is 23.1 Å². The fraction of sp³-hybridized carbons (Fsp3) is 0.200. The number of ether oxygens (including phenoxy) is 2. The van der Waals surface area contributed by atoms with E-state index in [1.165, 1.54) is 0 Å². The molecule has 0 aliphatic carbocycles. The van der Waals surface area contributed by atoms with E-state index in [1.54, 1.807) is 30.5 Å². The van der Waals surface area contributed by atoms with Gasteiger partial charge in [0.25, 0.3) is 0 Å². The molecule has 1 N–H and O–H groups in total. The summed E-state index contributed by atoms with van der Waals surface area (Å²) in [6.07, 6.45) is 0.984. The number of hydrogen-bond donors (Lipinski definition) is 1. The first-order valence-corrected chi connectivity index (χ1v) is 9.20. The molecule has 1 amide bonds. The predicted molar refractivity (Wildman–Crippen MR) is 106 cm³/mol. The van der Waals surface area contributed by atoms with Crippen molar-refractivity contribution >= 4 is 40.1 Å². The third kappa shape index (κ3) is 3.43. The number of pyridine rings is 1. The van der Waals surface area contributed by atoms with Crippen LogP contribution in [0.15, 0.2) is 53.1 Å². The number of morpholine rings is 1. The Hall–Kier alpha value is -3.72. The Kier molecular flexibility index (Phi) is 4.41. The Morgan fingerprint density at radius 1 is 1.07 bits per heavy atom. The first-order valence-electron chi connectivity index (χ1n) is 9.20. The van der Waals surface area contributed by atoms with Gasteiger partial charge < -0.3 is 18.8 Å². The number of amides is 1. The molecule has 146 valence electrons. The monoisotopic (exact) mass is 391 g/mol. The molecule has 1 aromatic carbocycles. The smallest absolute Gasteiger partial charge is 0.419 e. The number of benzene rings is 1. The molecule has 9 heteroatoms. The molecule has 0 bridgehead atoms. The van der Waals surface area contributed by atoms with Gasteiger partial charge in [0.15, 0.2) is 11.4 Å². The number of nitrogens with zero attached hydrogens (tertiary/aromatic N) is 4. The number of hydrogen-bond acceptors (Lipinski definition) is 8. The van der Waals surface area contributed by atoms with Crippen LogP contribution in [0.4, 0.5) is 16.6 Å². The summed E-state index contributed by atoms with van der Waals surface area (Å²) in [5, 5.41) is 3.36. The highest BCUT2D eigenvalue weighted by atomic mass is 16.6. The molecular weight excluding hydrogens is 374 g/mol. The molecule has 0 radical (unpaired) electrons. The second kappa shape index (κ2) is 7.36. The zero-order chi connectivity index (χ0) is 19.6. The molecule has 5 rings (SSSR count). The van der Waals surface area contributed by atoms with Gasteiger partial charge in [-0.2, -0.15) is 4.98 Å². The van der Waals surface area contributed by atoms with Crippen LogP contribution >= 0.6 is 0 Å². The van der Waals surface area contributed by atoms with Crippen LogP contribution in [0.5, 0.6) is 5.75 Å². The fourth-order valence-corrected chi connectivity index (χ4v) is 3.22. The van der Waals surface area contributed by atoms with E-state index in [9.17, 15) is 4.79 Å². The normalized spacial score (nSPS) is 14.3. The van der Waals surface area contributed by atoms with Gasteiger partial charge in [0.05, 0.1) is 18.6 Å². The standard InChI is InChI=1S/C20H17N5O4/c26-20(28-13-5-2-1-3-6-13)24-19-22-15-14-7-4-8-21-18(14)29-16(15)17(23-19)25-9-11-27-12-10-25/h1-8H,9-12H2,(H,22,23,24,26). The van der Waals surface area contributed by atoms with Crippen LogP contribution in [-0.2, 0) is 4.74 Å². The van der Waals surface area contributed by atoms with E-state index in [0.29, 0.717) is 54.7 Å². The lowest BCUT2D eigenvalue weighted by atomic mass is 10.3. The van der Waals surface area contributed by atoms with Crippen LogP contribution < -0.4 is 15.0 Å². The number of furan rings is 1. The van der Waals surface area contributed by atoms with Crippen molar-refractivity contribution < 1.29 is 18.7 Å². The first kappa shape index (κ1) is 17.4. The average Bonchev–Trinajstić information content (AvgIpc) is 3.13. The summed E-state index contributed by atoms with van der Waals surface area (Å²) in [5.74, 6) is 1.15. The summed E-state index contributed by atoms with van der Waals surface area (Å²) in [7, 11) is 0. The van der Waals surface area contributed by atoms with E-state index in [2.05, 4.69) is 20.3 Å². The van der Waals surface area contributed by atoms with Crippen molar-refractivity contribution in [2.75, 3.05) is 36.5 Å². The van der Waals surface area contributed by atoms with Crippen molar-refractivity contribution in [3.63, 3.8) is 0 Å². The summed E-state index contributed by atoms with van der Waals surface area (Å²) in [6.45, 7) is 2.49. The van der Waals surface area contributed by atoms with Crippen molar-refractivity contribution in [2.45, 2.75) is 0 Å². The largest absolute Gasteiger partial charge is 0.432 e. The highest BCUT2D eigenvalue weighted by Crippen LogP contribution is 2.33. The zero-order valence-corrected chi connectivity index (χ0v) is 15.4. The van der Waals surface area contributed by atoms with Gasteiger partial charge in [0, 0.05) is 19.3 Å². The molecule has 29 heavy (non-hydrogen) atoms. The number of aromatic nitrogens is 3. The van der Waals surface area contributed by atoms with E-state index >= 15 is 0 Å². The minimum atomic E-state index is -0.672. The fourth-order valence-electron chi connectivity index (χ4n) is 3.22. The van der Waals surface area contributed by atoms with E-state index in [0.717, 1.165) is 5.39 Å². The van der Waals surface area contributed by atoms with Crippen molar-refractivity contribution in [3.05, 3.63) is 48.7 Å². The topological polar surface area (TPSA) is 103 Å². The van der Waals surface area contributed by atoms with Gasteiger partial charge in [0.2, 0.25) is 11.7 Å². The molecule has 1 aliphatic rings. The first-order chi connectivity index (χ1) is 14.3. The maximum absolute atomic E-state index is 12.3. The van der Waals surface area contributed by atoms with Gasteiger partial charge in [-0.25, -0.2) is 14.8 Å². The number of fused-ring (bicyclic) bond motifs is 3. The minimum absolute atomic E-state index is 0.131. The van der Waals surface area contributed by atoms with Crippen LogP contribution in [0.3, 0.4) is 0 Å². The molecular formula is C20H17N5O4. The van der Waals surface area contributed by atoms with Crippen molar-refractivity contribution in [3.8, 4) is 5.75 Å². The summed E-state index contributed by atoms with van der Waals surface area (Å²) in [4.78, 5) is 27.6. The number of carbonyl (C=O) groups excluding carboxylic acids is 1. The number of anilines is 2. The Morgan fingerprint density at radius 2 is 1.90 bits per heavy atom. The van der Waals surface area contributed by atoms with Crippen LogP contribution in [-0.4, -0.2) is 47.3 Å². The number of rotatable bonds is 3. The molecule has 0 atom stereocenters. The third-order valence-corrected chi connectivity index (χ3v) is 4.55. The number of carbonyl (C=O) groups is 1. The molecule has 1 saturated heterocycles. The van der Waals surface area contributed by atoms with Crippen molar-refractivity contribution in [2.24, 2.45) is 0 Å². The SMILES string of the molecule is O=C(Nc1nc(N2CCOCC2)c2oc3ncccc3c2n1)Oc1ccccc1. The molecule has 1 aliphatic heterocycles. The second-order valence-electron chi connectivity index (χ2n) is 6.43. The molecule has 4 aromatic rings. The van der Waals surface area contributed by atoms with Crippen LogP contribution in [0.1, 0.15) is 0 Å². The molecule has 1 fully saturated rings. The van der Waals surface area contributed by atoms with Crippen LogP contribution in [0, 0.1) is 0 Å². The molecule has 4 heterocycles. The molecule has 0 saturated carbocycles. The van der Waals surface area contributed by atoms with E-state index in [4.69, 9.17) is 13.9 Å². The van der Waals surface area contributed by atoms with Gasteiger partial charge in [-0.1, -0.05) is 18.2 Å². The lowest BCUT2D eigenvalue weighted by Crippen LogP contribution is -2.37. The van der Waals surface area contributed by atoms with E-state index in [-0.39, 0.29) is 5.95 Å². The lowest BCUT2D eigenvalue weighted by molar-refractivity contribution is 0.122. The van der Waals surface area contributed by atoms with Crippen molar-refractivity contribution in [1.29, 1.82) is 0 Å². The summed E-state index contributed by atoms with van der Waals surface area (Å²) in [6, 6.07) is 12.5. The summed E-state index contributed by atoms with van der Waals surface area (Å²) < 4.78 is 16.7. The summed E-state index contributed by atoms with van der Waals surface area (Å²) >= 11 is 0. The molecule has 0 unspecified atom stereocenters. The Labute approximate surface area is 165 Å². The van der Waals surface area contributed by atoms with Gasteiger partial charge in [-0.3, -0.25) is 5.32 Å². The average molecular weight is 391 g/mol. The maximum atomic E-state index is 12.3. The van der Waals surface area contributed by atoms with Crippen LogP contribution in [0.2, 0.25) is 0 Å². The van der Waals surface area contributed by atoms with Gasteiger partial charge in [-0.15, -0.1) is 0 Å². The number of nitrogens with one attached hydrogen (secondary N) is 1. The quantitative estimate of drug-likeness (QED) is 0.568.